The third-order valence-electron chi connectivity index (χ3n) is 4.76. The number of amides is 1. The Kier molecular flexibility index (Phi) is 3.87. The van der Waals surface area contributed by atoms with Crippen LogP contribution in [0, 0.1) is 6.92 Å². The second kappa shape index (κ2) is 5.48. The summed E-state index contributed by atoms with van der Waals surface area (Å²) in [5.74, 6) is 0. The van der Waals surface area contributed by atoms with Gasteiger partial charge in [-0.25, -0.2) is 4.79 Å². The average molecular weight is 318 g/mol. The van der Waals surface area contributed by atoms with Crippen molar-refractivity contribution in [2.75, 3.05) is 0 Å². The number of carbonyl (C=O) groups excluding carboxylic acids is 1. The van der Waals surface area contributed by atoms with Crippen molar-refractivity contribution in [3.8, 4) is 0 Å². The molecule has 5 heteroatoms. The van der Waals surface area contributed by atoms with Crippen LogP contribution in [0.3, 0.4) is 0 Å². The van der Waals surface area contributed by atoms with Gasteiger partial charge in [0, 0.05) is 31.1 Å². The van der Waals surface area contributed by atoms with Crippen LogP contribution >= 0.6 is 0 Å². The fourth-order valence-electron chi connectivity index (χ4n) is 3.79. The van der Waals surface area contributed by atoms with Gasteiger partial charge in [-0.1, -0.05) is 6.07 Å². The van der Waals surface area contributed by atoms with Crippen LogP contribution in [-0.2, 0) is 10.3 Å². The van der Waals surface area contributed by atoms with Crippen molar-refractivity contribution in [1.82, 2.24) is 9.88 Å². The standard InChI is InChI=1S/C18H26N2O3/c1-12-5-8-15(19-11-12)18(22)9-13-6-7-14(10-18)20(13)16(21)23-17(2,3)4/h5,8,11,13-14,22H,6-7,9-10H2,1-4H3. The minimum absolute atomic E-state index is 0.0247. The fourth-order valence-corrected chi connectivity index (χ4v) is 3.79. The van der Waals surface area contributed by atoms with Gasteiger partial charge >= 0.3 is 6.09 Å². The van der Waals surface area contributed by atoms with Crippen molar-refractivity contribution >= 4 is 6.09 Å². The SMILES string of the molecule is Cc1ccc(C2(O)CC3CCC(C2)N3C(=O)OC(C)(C)C)nc1. The van der Waals surface area contributed by atoms with Crippen molar-refractivity contribution in [2.24, 2.45) is 0 Å². The molecule has 2 fully saturated rings. The lowest BCUT2D eigenvalue weighted by molar-refractivity contribution is -0.0647. The predicted octanol–water partition coefficient (Wildman–Crippen LogP) is 3.14. The van der Waals surface area contributed by atoms with Crippen molar-refractivity contribution in [1.29, 1.82) is 0 Å². The van der Waals surface area contributed by atoms with Gasteiger partial charge in [0.25, 0.3) is 0 Å². The minimum atomic E-state index is -0.946. The molecule has 0 spiro atoms. The summed E-state index contributed by atoms with van der Waals surface area (Å²) in [5.41, 5.74) is 0.344. The summed E-state index contributed by atoms with van der Waals surface area (Å²) in [6, 6.07) is 3.92. The molecule has 2 saturated heterocycles. The summed E-state index contributed by atoms with van der Waals surface area (Å²) < 4.78 is 5.54. The lowest BCUT2D eigenvalue weighted by Crippen LogP contribution is -2.53. The topological polar surface area (TPSA) is 62.7 Å². The van der Waals surface area contributed by atoms with Gasteiger partial charge < -0.3 is 14.7 Å². The van der Waals surface area contributed by atoms with E-state index >= 15 is 0 Å². The third-order valence-corrected chi connectivity index (χ3v) is 4.76. The molecule has 2 unspecified atom stereocenters. The maximum atomic E-state index is 12.5. The lowest BCUT2D eigenvalue weighted by Gasteiger charge is -2.43. The van der Waals surface area contributed by atoms with Gasteiger partial charge in [0.2, 0.25) is 0 Å². The van der Waals surface area contributed by atoms with Gasteiger partial charge in [0.05, 0.1) is 5.69 Å². The number of ether oxygens (including phenoxy) is 1. The molecule has 2 bridgehead atoms. The predicted molar refractivity (Wildman–Crippen MR) is 87.0 cm³/mol. The van der Waals surface area contributed by atoms with E-state index in [4.69, 9.17) is 4.74 Å². The molecule has 2 aliphatic rings. The van der Waals surface area contributed by atoms with Gasteiger partial charge in [-0.15, -0.1) is 0 Å². The first kappa shape index (κ1) is 16.2. The van der Waals surface area contributed by atoms with E-state index in [1.165, 1.54) is 0 Å². The molecule has 1 N–H and O–H groups in total. The summed E-state index contributed by atoms with van der Waals surface area (Å²) in [4.78, 5) is 18.7. The minimum Gasteiger partial charge on any atom is -0.444 e. The molecule has 1 aromatic heterocycles. The number of hydrogen-bond acceptors (Lipinski definition) is 4. The number of piperidine rings is 1. The number of carbonyl (C=O) groups is 1. The largest absolute Gasteiger partial charge is 0.444 e. The van der Waals surface area contributed by atoms with Gasteiger partial charge in [0.1, 0.15) is 11.2 Å². The van der Waals surface area contributed by atoms with E-state index in [-0.39, 0.29) is 18.2 Å². The van der Waals surface area contributed by atoms with E-state index in [2.05, 4.69) is 4.98 Å². The van der Waals surface area contributed by atoms with Gasteiger partial charge in [0.15, 0.2) is 0 Å². The maximum Gasteiger partial charge on any atom is 0.410 e. The Balaban J connectivity index is 1.79. The van der Waals surface area contributed by atoms with Gasteiger partial charge in [-0.05, 0) is 52.2 Å². The Hall–Kier alpha value is -1.62. The molecule has 2 aliphatic heterocycles. The van der Waals surface area contributed by atoms with Crippen molar-refractivity contribution in [3.63, 3.8) is 0 Å². The second-order valence-electron chi connectivity index (χ2n) is 7.93. The average Bonchev–Trinajstić information content (AvgIpc) is 2.71. The van der Waals surface area contributed by atoms with Crippen LogP contribution in [0.15, 0.2) is 18.3 Å². The number of nitrogens with zero attached hydrogens (tertiary/aromatic N) is 2. The van der Waals surface area contributed by atoms with E-state index < -0.39 is 11.2 Å². The number of pyridine rings is 1. The monoisotopic (exact) mass is 318 g/mol. The molecule has 2 atom stereocenters. The summed E-state index contributed by atoms with van der Waals surface area (Å²) in [6.07, 6.45) is 4.41. The van der Waals surface area contributed by atoms with Crippen molar-refractivity contribution < 1.29 is 14.6 Å². The highest BCUT2D eigenvalue weighted by molar-refractivity contribution is 5.69. The number of hydrogen-bond donors (Lipinski definition) is 1. The lowest BCUT2D eigenvalue weighted by atomic mass is 9.83. The normalized spacial score (nSPS) is 30.4. The first-order chi connectivity index (χ1) is 10.7. The number of aryl methyl sites for hydroxylation is 1. The third kappa shape index (κ3) is 3.20. The highest BCUT2D eigenvalue weighted by atomic mass is 16.6. The van der Waals surface area contributed by atoms with Crippen LogP contribution in [0.4, 0.5) is 4.79 Å². The highest BCUT2D eigenvalue weighted by Gasteiger charge is 2.51. The van der Waals surface area contributed by atoms with E-state index in [0.29, 0.717) is 18.5 Å². The quantitative estimate of drug-likeness (QED) is 0.864. The molecule has 3 heterocycles. The fraction of sp³-hybridized carbons (Fsp3) is 0.667. The second-order valence-corrected chi connectivity index (χ2v) is 7.93. The molecule has 5 nitrogen and oxygen atoms in total. The molecule has 0 aromatic carbocycles. The van der Waals surface area contributed by atoms with Crippen molar-refractivity contribution in [3.05, 3.63) is 29.6 Å². The summed E-state index contributed by atoms with van der Waals surface area (Å²) >= 11 is 0. The summed E-state index contributed by atoms with van der Waals surface area (Å²) in [5, 5.41) is 11.1. The first-order valence-corrected chi connectivity index (χ1v) is 8.35. The number of rotatable bonds is 1. The molecule has 1 aromatic rings. The molecule has 1 amide bonds. The van der Waals surface area contributed by atoms with Crippen LogP contribution in [0.5, 0.6) is 0 Å². The van der Waals surface area contributed by atoms with Crippen LogP contribution in [0.2, 0.25) is 0 Å². The van der Waals surface area contributed by atoms with E-state index in [0.717, 1.165) is 18.4 Å². The smallest absolute Gasteiger partial charge is 0.410 e. The molecule has 0 saturated carbocycles. The molecule has 0 aliphatic carbocycles. The number of aromatic nitrogens is 1. The highest BCUT2D eigenvalue weighted by Crippen LogP contribution is 2.45. The van der Waals surface area contributed by atoms with Crippen LogP contribution in [0.25, 0.3) is 0 Å². The summed E-state index contributed by atoms with van der Waals surface area (Å²) in [6.45, 7) is 7.62. The van der Waals surface area contributed by atoms with Gasteiger partial charge in [-0.2, -0.15) is 0 Å². The molecular formula is C18H26N2O3. The number of aliphatic hydroxyl groups is 1. The van der Waals surface area contributed by atoms with E-state index in [9.17, 15) is 9.90 Å². The van der Waals surface area contributed by atoms with Crippen molar-refractivity contribution in [2.45, 2.75) is 76.7 Å². The number of fused-ring (bicyclic) bond motifs is 2. The molecule has 0 radical (unpaired) electrons. The summed E-state index contributed by atoms with van der Waals surface area (Å²) in [7, 11) is 0. The Bertz CT molecular complexity index is 577. The van der Waals surface area contributed by atoms with Crippen LogP contribution in [0.1, 0.15) is 57.7 Å². The Labute approximate surface area is 137 Å². The zero-order valence-electron chi connectivity index (χ0n) is 14.4. The van der Waals surface area contributed by atoms with E-state index in [1.54, 1.807) is 6.20 Å². The van der Waals surface area contributed by atoms with Gasteiger partial charge in [-0.3, -0.25) is 4.98 Å². The zero-order valence-corrected chi connectivity index (χ0v) is 14.4. The zero-order chi connectivity index (χ0) is 16.8. The van der Waals surface area contributed by atoms with Crippen LogP contribution in [-0.4, -0.2) is 38.8 Å². The maximum absolute atomic E-state index is 12.5. The molecular weight excluding hydrogens is 292 g/mol. The Morgan fingerprint density at radius 1 is 1.30 bits per heavy atom. The Morgan fingerprint density at radius 2 is 1.91 bits per heavy atom. The first-order valence-electron chi connectivity index (χ1n) is 8.35. The van der Waals surface area contributed by atoms with E-state index in [1.807, 2.05) is 44.7 Å². The molecule has 3 rings (SSSR count). The molecule has 23 heavy (non-hydrogen) atoms. The van der Waals surface area contributed by atoms with Crippen LogP contribution < -0.4 is 0 Å². The molecule has 126 valence electrons. The Morgan fingerprint density at radius 3 is 2.39 bits per heavy atom.